The predicted octanol–water partition coefficient (Wildman–Crippen LogP) is 2.48. The summed E-state index contributed by atoms with van der Waals surface area (Å²) in [5.41, 5.74) is 0. The fourth-order valence-corrected chi connectivity index (χ4v) is 5.75. The molecule has 2 aromatic rings. The second-order valence-corrected chi connectivity index (χ2v) is 8.46. The minimum Gasteiger partial charge on any atom is -0.0925 e. The first-order valence-corrected chi connectivity index (χ1v) is 7.75. The Bertz CT molecular complexity index is 425. The van der Waals surface area contributed by atoms with E-state index in [2.05, 4.69) is 83.2 Å². The number of hydrogen-bond acceptors (Lipinski definition) is 0. The fraction of sp³-hybridized carbons (Fsp3) is 0. The molecular formula is C14H13BrSi. The summed E-state index contributed by atoms with van der Waals surface area (Å²) in [5.74, 6) is 0. The van der Waals surface area contributed by atoms with Crippen molar-refractivity contribution in [2.75, 3.05) is 0 Å². The molecule has 0 aliphatic rings. The molecule has 0 heterocycles. The van der Waals surface area contributed by atoms with E-state index in [1.807, 2.05) is 0 Å². The van der Waals surface area contributed by atoms with Gasteiger partial charge in [0.25, 0.3) is 0 Å². The van der Waals surface area contributed by atoms with E-state index in [0.717, 1.165) is 4.11 Å². The summed E-state index contributed by atoms with van der Waals surface area (Å²) in [7, 11) is -1.30. The Morgan fingerprint density at radius 3 is 1.50 bits per heavy atom. The number of benzene rings is 2. The van der Waals surface area contributed by atoms with Crippen molar-refractivity contribution in [3.05, 3.63) is 71.3 Å². The van der Waals surface area contributed by atoms with E-state index >= 15 is 0 Å². The van der Waals surface area contributed by atoms with Gasteiger partial charge in [-0.05, 0) is 4.11 Å². The molecule has 0 spiro atoms. The van der Waals surface area contributed by atoms with E-state index in [-0.39, 0.29) is 0 Å². The standard InChI is InChI=1S/C14H13BrSi/c1-12(15)16(13-8-4-2-5-9-13)14-10-6-3-7-11-14/h2-11,16H,1H2. The van der Waals surface area contributed by atoms with Crippen LogP contribution in [0.15, 0.2) is 71.3 Å². The van der Waals surface area contributed by atoms with Gasteiger partial charge in [0.2, 0.25) is 0 Å². The molecule has 2 aromatic carbocycles. The van der Waals surface area contributed by atoms with Crippen LogP contribution >= 0.6 is 15.9 Å². The summed E-state index contributed by atoms with van der Waals surface area (Å²) in [5, 5.41) is 2.80. The molecule has 0 nitrogen and oxygen atoms in total. The predicted molar refractivity (Wildman–Crippen MR) is 77.4 cm³/mol. The number of hydrogen-bond donors (Lipinski definition) is 0. The SMILES string of the molecule is C=C(Br)[SiH](c1ccccc1)c1ccccc1. The third kappa shape index (κ3) is 2.51. The van der Waals surface area contributed by atoms with Gasteiger partial charge in [0.15, 0.2) is 0 Å². The Hall–Kier alpha value is -1.12. The molecule has 0 aliphatic heterocycles. The van der Waals surface area contributed by atoms with Gasteiger partial charge in [-0.15, -0.1) is 0 Å². The molecule has 0 saturated heterocycles. The molecule has 80 valence electrons. The van der Waals surface area contributed by atoms with Gasteiger partial charge in [-0.25, -0.2) is 0 Å². The quantitative estimate of drug-likeness (QED) is 0.762. The maximum atomic E-state index is 4.09. The molecule has 0 radical (unpaired) electrons. The molecule has 0 aromatic heterocycles. The summed E-state index contributed by atoms with van der Waals surface area (Å²) < 4.78 is 1.13. The van der Waals surface area contributed by atoms with Crippen LogP contribution in [0.25, 0.3) is 0 Å². The lowest BCUT2D eigenvalue weighted by atomic mass is 10.4. The van der Waals surface area contributed by atoms with Crippen LogP contribution in [-0.2, 0) is 0 Å². The monoisotopic (exact) mass is 288 g/mol. The maximum absolute atomic E-state index is 4.09. The molecule has 0 bridgehead atoms. The van der Waals surface area contributed by atoms with Crippen molar-refractivity contribution in [1.29, 1.82) is 0 Å². The zero-order valence-corrected chi connectivity index (χ0v) is 11.7. The van der Waals surface area contributed by atoms with Crippen molar-refractivity contribution in [2.45, 2.75) is 0 Å². The summed E-state index contributed by atoms with van der Waals surface area (Å²) in [6.45, 7) is 4.09. The van der Waals surface area contributed by atoms with Crippen LogP contribution in [0.1, 0.15) is 0 Å². The summed E-state index contributed by atoms with van der Waals surface area (Å²) in [6, 6.07) is 21.2. The first-order chi connectivity index (χ1) is 7.79. The van der Waals surface area contributed by atoms with Crippen molar-refractivity contribution in [3.63, 3.8) is 0 Å². The summed E-state index contributed by atoms with van der Waals surface area (Å²) in [4.78, 5) is 0. The zero-order chi connectivity index (χ0) is 11.4. The van der Waals surface area contributed by atoms with Gasteiger partial charge in [-0.2, -0.15) is 0 Å². The molecule has 0 N–H and O–H groups in total. The van der Waals surface area contributed by atoms with E-state index in [9.17, 15) is 0 Å². The smallest absolute Gasteiger partial charge is 0.0925 e. The Kier molecular flexibility index (Phi) is 3.75. The lowest BCUT2D eigenvalue weighted by Gasteiger charge is -2.14. The van der Waals surface area contributed by atoms with Gasteiger partial charge in [0.05, 0.1) is 0 Å². The van der Waals surface area contributed by atoms with E-state index in [1.165, 1.54) is 10.4 Å². The second kappa shape index (κ2) is 5.28. The molecule has 2 heteroatoms. The summed E-state index contributed by atoms with van der Waals surface area (Å²) >= 11 is 3.58. The Morgan fingerprint density at radius 1 is 0.812 bits per heavy atom. The first-order valence-electron chi connectivity index (χ1n) is 5.23. The Balaban J connectivity index is 2.44. The fourth-order valence-electron chi connectivity index (χ4n) is 1.85. The van der Waals surface area contributed by atoms with Crippen molar-refractivity contribution in [3.8, 4) is 0 Å². The normalized spacial score (nSPS) is 10.4. The van der Waals surface area contributed by atoms with Crippen LogP contribution in [0.5, 0.6) is 0 Å². The lowest BCUT2D eigenvalue weighted by molar-refractivity contribution is 1.73. The largest absolute Gasteiger partial charge is 0.140 e. The molecule has 0 unspecified atom stereocenters. The Labute approximate surface area is 106 Å². The second-order valence-electron chi connectivity index (χ2n) is 3.70. The van der Waals surface area contributed by atoms with Crippen LogP contribution in [0.4, 0.5) is 0 Å². The van der Waals surface area contributed by atoms with E-state index in [4.69, 9.17) is 0 Å². The lowest BCUT2D eigenvalue weighted by Crippen LogP contribution is -2.42. The van der Waals surface area contributed by atoms with Crippen LogP contribution in [0.3, 0.4) is 0 Å². The van der Waals surface area contributed by atoms with Crippen molar-refractivity contribution in [2.24, 2.45) is 0 Å². The Morgan fingerprint density at radius 2 is 1.19 bits per heavy atom. The third-order valence-corrected chi connectivity index (χ3v) is 6.68. The average molecular weight is 289 g/mol. The van der Waals surface area contributed by atoms with E-state index in [0.29, 0.717) is 0 Å². The average Bonchev–Trinajstić information content (AvgIpc) is 2.31. The van der Waals surface area contributed by atoms with Crippen LogP contribution in [-0.4, -0.2) is 8.80 Å². The van der Waals surface area contributed by atoms with Gasteiger partial charge in [0, 0.05) is 0 Å². The maximum Gasteiger partial charge on any atom is 0.140 e. The molecule has 2 rings (SSSR count). The molecule has 0 saturated carbocycles. The molecule has 0 aliphatic carbocycles. The van der Waals surface area contributed by atoms with Crippen LogP contribution in [0.2, 0.25) is 0 Å². The van der Waals surface area contributed by atoms with Gasteiger partial charge in [0.1, 0.15) is 8.80 Å². The molecule has 16 heavy (non-hydrogen) atoms. The van der Waals surface area contributed by atoms with Crippen molar-refractivity contribution >= 4 is 35.1 Å². The zero-order valence-electron chi connectivity index (χ0n) is 8.94. The first kappa shape index (κ1) is 11.4. The highest BCUT2D eigenvalue weighted by Gasteiger charge is 2.17. The minimum absolute atomic E-state index is 1.13. The van der Waals surface area contributed by atoms with Crippen LogP contribution < -0.4 is 10.4 Å². The molecule has 0 amide bonds. The minimum atomic E-state index is -1.30. The molecular weight excluding hydrogens is 276 g/mol. The van der Waals surface area contributed by atoms with E-state index < -0.39 is 8.80 Å². The highest BCUT2D eigenvalue weighted by atomic mass is 79.9. The van der Waals surface area contributed by atoms with Crippen molar-refractivity contribution in [1.82, 2.24) is 0 Å². The van der Waals surface area contributed by atoms with Gasteiger partial charge in [-0.3, -0.25) is 0 Å². The molecule has 0 fully saturated rings. The van der Waals surface area contributed by atoms with Gasteiger partial charge < -0.3 is 0 Å². The van der Waals surface area contributed by atoms with Gasteiger partial charge >= 0.3 is 0 Å². The highest BCUT2D eigenvalue weighted by Crippen LogP contribution is 2.07. The topological polar surface area (TPSA) is 0 Å². The third-order valence-electron chi connectivity index (χ3n) is 2.58. The molecule has 0 atom stereocenters. The van der Waals surface area contributed by atoms with Crippen molar-refractivity contribution < 1.29 is 0 Å². The number of rotatable bonds is 3. The van der Waals surface area contributed by atoms with Gasteiger partial charge in [-0.1, -0.05) is 93.5 Å². The highest BCUT2D eigenvalue weighted by molar-refractivity contribution is 9.12. The van der Waals surface area contributed by atoms with Crippen LogP contribution in [0, 0.1) is 0 Å². The summed E-state index contributed by atoms with van der Waals surface area (Å²) in [6.07, 6.45) is 0. The number of halogens is 1. The van der Waals surface area contributed by atoms with E-state index in [1.54, 1.807) is 0 Å².